The van der Waals surface area contributed by atoms with E-state index >= 15 is 0 Å². The van der Waals surface area contributed by atoms with Gasteiger partial charge >= 0.3 is 0 Å². The summed E-state index contributed by atoms with van der Waals surface area (Å²) in [5, 5.41) is 0. The zero-order valence-corrected chi connectivity index (χ0v) is 12.7. The Morgan fingerprint density at radius 2 is 1.83 bits per heavy atom. The van der Waals surface area contributed by atoms with E-state index in [1.54, 1.807) is 0 Å². The number of rotatable bonds is 2. The van der Waals surface area contributed by atoms with Gasteiger partial charge in [-0.15, -0.1) is 0 Å². The van der Waals surface area contributed by atoms with Crippen LogP contribution in [0.4, 0.5) is 4.39 Å². The predicted octanol–water partition coefficient (Wildman–Crippen LogP) is 4.43. The molecule has 0 atom stereocenters. The summed E-state index contributed by atoms with van der Waals surface area (Å²) in [6, 6.07) is 5.24. The summed E-state index contributed by atoms with van der Waals surface area (Å²) in [7, 11) is 0. The van der Waals surface area contributed by atoms with Crippen LogP contribution in [0, 0.1) is 11.2 Å². The SMILES string of the molecule is CC1(C)CCC(N)(Cc2ccc(Br)cc2F)CC1. The second-order valence-electron chi connectivity index (χ2n) is 6.44. The molecule has 2 N–H and O–H groups in total. The zero-order chi connectivity index (χ0) is 13.4. The highest BCUT2D eigenvalue weighted by Gasteiger charge is 2.35. The lowest BCUT2D eigenvalue weighted by Gasteiger charge is -2.41. The fraction of sp³-hybridized carbons (Fsp3) is 0.600. The molecule has 0 amide bonds. The number of benzene rings is 1. The molecule has 100 valence electrons. The van der Waals surface area contributed by atoms with Crippen LogP contribution in [-0.2, 0) is 6.42 Å². The highest BCUT2D eigenvalue weighted by atomic mass is 79.9. The lowest BCUT2D eigenvalue weighted by Crippen LogP contribution is -2.47. The van der Waals surface area contributed by atoms with Crippen molar-refractivity contribution >= 4 is 15.9 Å². The highest BCUT2D eigenvalue weighted by molar-refractivity contribution is 9.10. The van der Waals surface area contributed by atoms with Gasteiger partial charge in [0.2, 0.25) is 0 Å². The van der Waals surface area contributed by atoms with Crippen LogP contribution < -0.4 is 5.73 Å². The summed E-state index contributed by atoms with van der Waals surface area (Å²) in [4.78, 5) is 0. The smallest absolute Gasteiger partial charge is 0.127 e. The fourth-order valence-electron chi connectivity index (χ4n) is 2.65. The first kappa shape index (κ1) is 14.0. The maximum atomic E-state index is 13.8. The van der Waals surface area contributed by atoms with Crippen LogP contribution in [0.25, 0.3) is 0 Å². The fourth-order valence-corrected chi connectivity index (χ4v) is 2.98. The summed E-state index contributed by atoms with van der Waals surface area (Å²) in [5.74, 6) is -0.154. The van der Waals surface area contributed by atoms with Crippen molar-refractivity contribution in [3.8, 4) is 0 Å². The van der Waals surface area contributed by atoms with Crippen LogP contribution in [0.1, 0.15) is 45.1 Å². The number of nitrogens with two attached hydrogens (primary N) is 1. The zero-order valence-electron chi connectivity index (χ0n) is 11.1. The molecule has 0 unspecified atom stereocenters. The third-order valence-electron chi connectivity index (χ3n) is 4.16. The van der Waals surface area contributed by atoms with Crippen molar-refractivity contribution in [2.24, 2.45) is 11.1 Å². The summed E-state index contributed by atoms with van der Waals surface area (Å²) in [6.07, 6.45) is 4.86. The molecule has 1 aliphatic rings. The van der Waals surface area contributed by atoms with Gasteiger partial charge in [-0.25, -0.2) is 4.39 Å². The minimum Gasteiger partial charge on any atom is -0.325 e. The molecule has 0 spiro atoms. The summed E-state index contributed by atoms with van der Waals surface area (Å²) < 4.78 is 14.6. The molecule has 2 rings (SSSR count). The van der Waals surface area contributed by atoms with Gasteiger partial charge in [0.05, 0.1) is 0 Å². The Balaban J connectivity index is 2.09. The normalized spacial score (nSPS) is 21.8. The highest BCUT2D eigenvalue weighted by Crippen LogP contribution is 2.40. The van der Waals surface area contributed by atoms with Crippen LogP contribution in [0.5, 0.6) is 0 Å². The standard InChI is InChI=1S/C15H21BrFN/c1-14(2)5-7-15(18,8-6-14)10-11-3-4-12(16)9-13(11)17/h3-4,9H,5-8,10,18H2,1-2H3. The second kappa shape index (κ2) is 4.93. The van der Waals surface area contributed by atoms with Crippen molar-refractivity contribution in [2.75, 3.05) is 0 Å². The average Bonchev–Trinajstić information content (AvgIpc) is 2.28. The molecule has 1 aromatic rings. The predicted molar refractivity (Wildman–Crippen MR) is 77.0 cm³/mol. The minimum atomic E-state index is -0.232. The van der Waals surface area contributed by atoms with Gasteiger partial charge in [-0.1, -0.05) is 35.8 Å². The molecule has 0 bridgehead atoms. The van der Waals surface area contributed by atoms with E-state index in [9.17, 15) is 4.39 Å². The van der Waals surface area contributed by atoms with Crippen molar-refractivity contribution in [2.45, 2.75) is 51.5 Å². The molecule has 0 aromatic heterocycles. The maximum Gasteiger partial charge on any atom is 0.127 e. The lowest BCUT2D eigenvalue weighted by atomic mass is 9.68. The first-order valence-corrected chi connectivity index (χ1v) is 7.32. The van der Waals surface area contributed by atoms with Crippen molar-refractivity contribution in [3.05, 3.63) is 34.1 Å². The maximum absolute atomic E-state index is 13.8. The molecule has 0 heterocycles. The Bertz CT molecular complexity index is 432. The number of hydrogen-bond donors (Lipinski definition) is 1. The molecule has 0 saturated heterocycles. The van der Waals surface area contributed by atoms with Crippen molar-refractivity contribution in [3.63, 3.8) is 0 Å². The Kier molecular flexibility index (Phi) is 3.84. The van der Waals surface area contributed by atoms with Gasteiger partial charge in [0.1, 0.15) is 5.82 Å². The average molecular weight is 314 g/mol. The Hall–Kier alpha value is -0.410. The van der Waals surface area contributed by atoms with Crippen LogP contribution in [0.3, 0.4) is 0 Å². The van der Waals surface area contributed by atoms with Gasteiger partial charge in [0.15, 0.2) is 0 Å². The van der Waals surface area contributed by atoms with Crippen LogP contribution in [0.2, 0.25) is 0 Å². The Morgan fingerprint density at radius 1 is 1.22 bits per heavy atom. The third kappa shape index (κ3) is 3.33. The van der Waals surface area contributed by atoms with E-state index in [0.717, 1.165) is 35.7 Å². The minimum absolute atomic E-state index is 0.154. The van der Waals surface area contributed by atoms with E-state index in [1.807, 2.05) is 12.1 Å². The Labute approximate surface area is 117 Å². The molecular formula is C15H21BrFN. The molecule has 0 aliphatic heterocycles. The van der Waals surface area contributed by atoms with E-state index in [4.69, 9.17) is 5.73 Å². The molecule has 0 radical (unpaired) electrons. The van der Waals surface area contributed by atoms with E-state index < -0.39 is 0 Å². The van der Waals surface area contributed by atoms with Gasteiger partial charge in [0, 0.05) is 10.0 Å². The molecule has 1 aromatic carbocycles. The topological polar surface area (TPSA) is 26.0 Å². The van der Waals surface area contributed by atoms with E-state index in [2.05, 4.69) is 29.8 Å². The first-order valence-electron chi connectivity index (χ1n) is 6.53. The van der Waals surface area contributed by atoms with Gasteiger partial charge in [-0.3, -0.25) is 0 Å². The first-order chi connectivity index (χ1) is 8.30. The van der Waals surface area contributed by atoms with E-state index in [1.165, 1.54) is 6.07 Å². The van der Waals surface area contributed by atoms with Gasteiger partial charge < -0.3 is 5.73 Å². The van der Waals surface area contributed by atoms with E-state index in [0.29, 0.717) is 11.8 Å². The van der Waals surface area contributed by atoms with Crippen LogP contribution >= 0.6 is 15.9 Å². The van der Waals surface area contributed by atoms with Gasteiger partial charge in [0.25, 0.3) is 0 Å². The largest absolute Gasteiger partial charge is 0.325 e. The summed E-state index contributed by atoms with van der Waals surface area (Å²) in [6.45, 7) is 4.57. The second-order valence-corrected chi connectivity index (χ2v) is 7.35. The van der Waals surface area contributed by atoms with Crippen molar-refractivity contribution < 1.29 is 4.39 Å². The van der Waals surface area contributed by atoms with E-state index in [-0.39, 0.29) is 11.4 Å². The Morgan fingerprint density at radius 3 is 2.39 bits per heavy atom. The number of halogens is 2. The third-order valence-corrected chi connectivity index (χ3v) is 4.65. The lowest BCUT2D eigenvalue weighted by molar-refractivity contribution is 0.164. The quantitative estimate of drug-likeness (QED) is 0.859. The molecule has 1 fully saturated rings. The molecular weight excluding hydrogens is 293 g/mol. The molecule has 3 heteroatoms. The van der Waals surface area contributed by atoms with Crippen LogP contribution in [0.15, 0.2) is 22.7 Å². The molecule has 18 heavy (non-hydrogen) atoms. The van der Waals surface area contributed by atoms with Gasteiger partial charge in [-0.2, -0.15) is 0 Å². The molecule has 1 nitrogen and oxygen atoms in total. The summed E-state index contributed by atoms with van der Waals surface area (Å²) >= 11 is 3.28. The number of hydrogen-bond acceptors (Lipinski definition) is 1. The summed E-state index contributed by atoms with van der Waals surface area (Å²) in [5.41, 5.74) is 7.34. The van der Waals surface area contributed by atoms with Crippen LogP contribution in [-0.4, -0.2) is 5.54 Å². The van der Waals surface area contributed by atoms with Crippen molar-refractivity contribution in [1.29, 1.82) is 0 Å². The monoisotopic (exact) mass is 313 g/mol. The van der Waals surface area contributed by atoms with Crippen molar-refractivity contribution in [1.82, 2.24) is 0 Å². The molecule has 1 saturated carbocycles. The van der Waals surface area contributed by atoms with Gasteiger partial charge in [-0.05, 0) is 55.2 Å². The molecule has 1 aliphatic carbocycles.